The molecule has 0 saturated heterocycles. The lowest BCUT2D eigenvalue weighted by Crippen LogP contribution is -2.35. The number of benzene rings is 1. The van der Waals surface area contributed by atoms with Gasteiger partial charge in [-0.3, -0.25) is 4.79 Å². The minimum Gasteiger partial charge on any atom is -0.378 e. The van der Waals surface area contributed by atoms with Crippen molar-refractivity contribution < 1.29 is 4.79 Å². The third-order valence-corrected chi connectivity index (χ3v) is 2.84. The molecular weight excluding hydrogens is 226 g/mol. The fraction of sp³-hybridized carbons (Fsp3) is 0.500. The number of nitrogens with one attached hydrogen (secondary N) is 1. The van der Waals surface area contributed by atoms with Crippen molar-refractivity contribution in [1.29, 1.82) is 0 Å². The Morgan fingerprint density at radius 1 is 1.44 bits per heavy atom. The second-order valence-corrected chi connectivity index (χ2v) is 4.68. The minimum atomic E-state index is -0.423. The number of nitrogens with zero attached hydrogens (tertiary/aromatic N) is 1. The van der Waals surface area contributed by atoms with E-state index in [1.807, 2.05) is 43.3 Å². The summed E-state index contributed by atoms with van der Waals surface area (Å²) in [6, 6.07) is 7.30. The molecule has 0 heterocycles. The van der Waals surface area contributed by atoms with Gasteiger partial charge in [0.25, 0.3) is 0 Å². The molecule has 100 valence electrons. The maximum Gasteiger partial charge on any atom is 0.241 e. The molecule has 0 fully saturated rings. The van der Waals surface area contributed by atoms with Crippen LogP contribution < -0.4 is 16.0 Å². The second-order valence-electron chi connectivity index (χ2n) is 4.68. The molecule has 0 bridgehead atoms. The number of anilines is 2. The van der Waals surface area contributed by atoms with Gasteiger partial charge in [0.05, 0.1) is 6.04 Å². The summed E-state index contributed by atoms with van der Waals surface area (Å²) in [4.78, 5) is 13.8. The Morgan fingerprint density at radius 3 is 2.78 bits per heavy atom. The van der Waals surface area contributed by atoms with Gasteiger partial charge in [-0.2, -0.15) is 0 Å². The third-order valence-electron chi connectivity index (χ3n) is 2.84. The number of carbonyl (C=O) groups excluding carboxylic acids is 1. The Balaban J connectivity index is 2.61. The number of amides is 1. The van der Waals surface area contributed by atoms with Crippen molar-refractivity contribution in [3.05, 3.63) is 24.3 Å². The first-order valence-electron chi connectivity index (χ1n) is 6.38. The van der Waals surface area contributed by atoms with Crippen LogP contribution in [-0.4, -0.2) is 26.0 Å². The Kier molecular flexibility index (Phi) is 5.65. The average Bonchev–Trinajstić information content (AvgIpc) is 2.36. The van der Waals surface area contributed by atoms with E-state index in [-0.39, 0.29) is 5.91 Å². The molecule has 0 saturated carbocycles. The molecule has 3 N–H and O–H groups in total. The number of hydrogen-bond acceptors (Lipinski definition) is 3. The van der Waals surface area contributed by atoms with E-state index in [0.717, 1.165) is 30.6 Å². The molecule has 1 aromatic rings. The van der Waals surface area contributed by atoms with Gasteiger partial charge in [-0.1, -0.05) is 25.8 Å². The highest BCUT2D eigenvalue weighted by Gasteiger charge is 2.12. The van der Waals surface area contributed by atoms with Gasteiger partial charge in [0.2, 0.25) is 5.91 Å². The van der Waals surface area contributed by atoms with Crippen molar-refractivity contribution in [3.8, 4) is 0 Å². The van der Waals surface area contributed by atoms with Gasteiger partial charge in [-0.05, 0) is 24.6 Å². The third kappa shape index (κ3) is 4.37. The Morgan fingerprint density at radius 2 is 2.17 bits per heavy atom. The first-order valence-corrected chi connectivity index (χ1v) is 6.38. The minimum absolute atomic E-state index is 0.112. The van der Waals surface area contributed by atoms with E-state index in [9.17, 15) is 4.79 Å². The Bertz CT molecular complexity index is 390. The van der Waals surface area contributed by atoms with Crippen molar-refractivity contribution in [3.63, 3.8) is 0 Å². The van der Waals surface area contributed by atoms with E-state index in [2.05, 4.69) is 12.2 Å². The van der Waals surface area contributed by atoms with Crippen molar-refractivity contribution in [2.45, 2.75) is 32.2 Å². The predicted molar refractivity (Wildman–Crippen MR) is 76.9 cm³/mol. The van der Waals surface area contributed by atoms with Crippen molar-refractivity contribution in [2.24, 2.45) is 5.73 Å². The molecule has 0 aliphatic carbocycles. The van der Waals surface area contributed by atoms with Crippen LogP contribution in [0.2, 0.25) is 0 Å². The summed E-state index contributed by atoms with van der Waals surface area (Å²) in [6.07, 6.45) is 2.76. The van der Waals surface area contributed by atoms with Gasteiger partial charge in [-0.15, -0.1) is 0 Å². The average molecular weight is 249 g/mol. The number of unbranched alkanes of at least 4 members (excludes halogenated alkanes) is 1. The predicted octanol–water partition coefficient (Wildman–Crippen LogP) is 2.21. The highest BCUT2D eigenvalue weighted by Crippen LogP contribution is 2.17. The lowest BCUT2D eigenvalue weighted by Gasteiger charge is -2.15. The second kappa shape index (κ2) is 7.01. The molecule has 4 heteroatoms. The van der Waals surface area contributed by atoms with E-state index in [4.69, 9.17) is 5.73 Å². The van der Waals surface area contributed by atoms with Gasteiger partial charge in [-0.25, -0.2) is 0 Å². The van der Waals surface area contributed by atoms with Gasteiger partial charge < -0.3 is 16.0 Å². The van der Waals surface area contributed by atoms with Crippen LogP contribution in [0.4, 0.5) is 11.4 Å². The molecule has 0 aliphatic heterocycles. The fourth-order valence-electron chi connectivity index (χ4n) is 1.65. The van der Waals surface area contributed by atoms with Crippen LogP contribution in [0, 0.1) is 0 Å². The van der Waals surface area contributed by atoms with E-state index in [1.165, 1.54) is 0 Å². The SMILES string of the molecule is CCCC[C@H](N)C(=O)Nc1cccc(N(C)C)c1. The molecule has 0 aromatic heterocycles. The molecule has 0 spiro atoms. The first kappa shape index (κ1) is 14.5. The summed E-state index contributed by atoms with van der Waals surface area (Å²) < 4.78 is 0. The van der Waals surface area contributed by atoms with Crippen molar-refractivity contribution in [2.75, 3.05) is 24.3 Å². The van der Waals surface area contributed by atoms with Gasteiger partial charge >= 0.3 is 0 Å². The maximum atomic E-state index is 11.8. The topological polar surface area (TPSA) is 58.4 Å². The number of nitrogens with two attached hydrogens (primary N) is 1. The quantitative estimate of drug-likeness (QED) is 0.812. The smallest absolute Gasteiger partial charge is 0.241 e. The molecule has 0 aliphatic rings. The standard InChI is InChI=1S/C14H23N3O/c1-4-5-9-13(15)14(18)16-11-7-6-8-12(10-11)17(2)3/h6-8,10,13H,4-5,9,15H2,1-3H3,(H,16,18)/t13-/m0/s1. The van der Waals surface area contributed by atoms with Crippen LogP contribution in [0.1, 0.15) is 26.2 Å². The van der Waals surface area contributed by atoms with Crippen LogP contribution in [0.25, 0.3) is 0 Å². The normalized spacial score (nSPS) is 12.0. The first-order chi connectivity index (χ1) is 8.54. The van der Waals surface area contributed by atoms with Gasteiger partial charge in [0.1, 0.15) is 0 Å². The monoisotopic (exact) mass is 249 g/mol. The molecule has 1 rings (SSSR count). The van der Waals surface area contributed by atoms with Gasteiger partial charge in [0, 0.05) is 25.5 Å². The van der Waals surface area contributed by atoms with Crippen LogP contribution in [0.5, 0.6) is 0 Å². The zero-order valence-electron chi connectivity index (χ0n) is 11.4. The van der Waals surface area contributed by atoms with Crippen LogP contribution in [-0.2, 0) is 4.79 Å². The zero-order valence-corrected chi connectivity index (χ0v) is 11.4. The van der Waals surface area contributed by atoms with E-state index in [1.54, 1.807) is 0 Å². The van der Waals surface area contributed by atoms with Gasteiger partial charge in [0.15, 0.2) is 0 Å². The largest absolute Gasteiger partial charge is 0.378 e. The Hall–Kier alpha value is -1.55. The van der Waals surface area contributed by atoms with Crippen molar-refractivity contribution >= 4 is 17.3 Å². The summed E-state index contributed by atoms with van der Waals surface area (Å²) in [5.41, 5.74) is 7.67. The summed E-state index contributed by atoms with van der Waals surface area (Å²) in [6.45, 7) is 2.09. The molecule has 1 aromatic carbocycles. The number of hydrogen-bond donors (Lipinski definition) is 2. The van der Waals surface area contributed by atoms with E-state index in [0.29, 0.717) is 0 Å². The maximum absolute atomic E-state index is 11.8. The summed E-state index contributed by atoms with van der Waals surface area (Å²) in [5, 5.41) is 2.86. The Labute approximate surface area is 109 Å². The summed E-state index contributed by atoms with van der Waals surface area (Å²) >= 11 is 0. The highest BCUT2D eigenvalue weighted by atomic mass is 16.2. The summed E-state index contributed by atoms with van der Waals surface area (Å²) in [7, 11) is 3.93. The molecule has 1 atom stereocenters. The molecule has 18 heavy (non-hydrogen) atoms. The lowest BCUT2D eigenvalue weighted by atomic mass is 10.1. The molecular formula is C14H23N3O. The van der Waals surface area contributed by atoms with Crippen LogP contribution in [0.3, 0.4) is 0 Å². The van der Waals surface area contributed by atoms with E-state index < -0.39 is 6.04 Å². The summed E-state index contributed by atoms with van der Waals surface area (Å²) in [5.74, 6) is -0.112. The molecule has 0 radical (unpaired) electrons. The lowest BCUT2D eigenvalue weighted by molar-refractivity contribution is -0.117. The number of rotatable bonds is 6. The fourth-order valence-corrected chi connectivity index (χ4v) is 1.65. The molecule has 1 amide bonds. The van der Waals surface area contributed by atoms with Crippen molar-refractivity contribution in [1.82, 2.24) is 0 Å². The molecule has 0 unspecified atom stereocenters. The van der Waals surface area contributed by atoms with Crippen LogP contribution in [0.15, 0.2) is 24.3 Å². The zero-order chi connectivity index (χ0) is 13.5. The number of carbonyl (C=O) groups is 1. The molecule has 4 nitrogen and oxygen atoms in total. The highest BCUT2D eigenvalue weighted by molar-refractivity contribution is 5.95. The van der Waals surface area contributed by atoms with Crippen LogP contribution >= 0.6 is 0 Å². The van der Waals surface area contributed by atoms with E-state index >= 15 is 0 Å².